The molecule has 0 saturated carbocycles. The van der Waals surface area contributed by atoms with Crippen LogP contribution < -0.4 is 0 Å². The fourth-order valence-electron chi connectivity index (χ4n) is 0.144. The Kier molecular flexibility index (Phi) is 7.03. The predicted molar refractivity (Wildman–Crippen MR) is 23.8 cm³/mol. The fraction of sp³-hybridized carbons (Fsp3) is 0. The maximum atomic E-state index is 4.57. The van der Waals surface area contributed by atoms with Crippen LogP contribution in [0.1, 0.15) is 0 Å². The molecule has 6 nitrogen and oxygen atoms in total. The Hall–Kier alpha value is 2.16. The normalized spacial score (nSPS) is 24.0. The standard InChI is InChI=1S/3O2.3Sn/c3*1-2;;;/q3*-2;3*+2. The Morgan fingerprint density at radius 2 is 0.667 bits per heavy atom. The van der Waals surface area contributed by atoms with Crippen LogP contribution in [0, 0.1) is 0 Å². The van der Waals surface area contributed by atoms with E-state index in [0.717, 1.165) is 0 Å². The third-order valence-corrected chi connectivity index (χ3v) is 6.99. The molecular weight excluding hydrogens is 452 g/mol. The van der Waals surface area contributed by atoms with Gasteiger partial charge in [-0.05, 0) is 0 Å². The van der Waals surface area contributed by atoms with Gasteiger partial charge in [0.05, 0.1) is 0 Å². The van der Waals surface area contributed by atoms with Crippen molar-refractivity contribution in [3.63, 3.8) is 0 Å². The van der Waals surface area contributed by atoms with Crippen molar-refractivity contribution in [2.75, 3.05) is 0 Å². The van der Waals surface area contributed by atoms with Gasteiger partial charge < -0.3 is 0 Å². The van der Waals surface area contributed by atoms with Crippen LogP contribution >= 0.6 is 0 Å². The monoisotopic (exact) mass is 456 g/mol. The summed E-state index contributed by atoms with van der Waals surface area (Å²) < 4.78 is 27.4. The zero-order chi connectivity index (χ0) is 6.36. The topological polar surface area (TPSA) is 55.4 Å². The first-order chi connectivity index (χ1) is 4.50. The third kappa shape index (κ3) is 5.43. The van der Waals surface area contributed by atoms with E-state index in [-0.39, 0.29) is 0 Å². The van der Waals surface area contributed by atoms with Gasteiger partial charge in [-0.25, -0.2) is 0 Å². The molecule has 0 atom stereocenters. The number of hydrogen-bond donors (Lipinski definition) is 0. The molecule has 0 N–H and O–H groups in total. The van der Waals surface area contributed by atoms with E-state index in [4.69, 9.17) is 0 Å². The van der Waals surface area contributed by atoms with Gasteiger partial charge in [0.1, 0.15) is 0 Å². The van der Waals surface area contributed by atoms with Crippen LogP contribution in [0.4, 0.5) is 0 Å². The van der Waals surface area contributed by atoms with Crippen LogP contribution in [0.3, 0.4) is 0 Å². The molecule has 1 aliphatic heterocycles. The second-order valence-electron chi connectivity index (χ2n) is 0.750. The van der Waals surface area contributed by atoms with Crippen molar-refractivity contribution in [1.29, 1.82) is 0 Å². The van der Waals surface area contributed by atoms with Crippen LogP contribution in [-0.2, 0) is 19.3 Å². The van der Waals surface area contributed by atoms with Gasteiger partial charge in [-0.3, -0.25) is 0 Å². The Morgan fingerprint density at radius 3 is 0.889 bits per heavy atom. The summed E-state index contributed by atoms with van der Waals surface area (Å²) in [5.41, 5.74) is 0. The first-order valence-corrected chi connectivity index (χ1v) is 8.72. The SMILES string of the molecule is [O]1[O][Sn][O][O][Sn][O][O][Sn]1. The van der Waals surface area contributed by atoms with Gasteiger partial charge in [0, 0.05) is 0 Å². The van der Waals surface area contributed by atoms with Crippen LogP contribution in [-0.4, -0.2) is 65.9 Å². The van der Waals surface area contributed by atoms with Crippen LogP contribution in [0.5, 0.6) is 0 Å². The summed E-state index contributed by atoms with van der Waals surface area (Å²) in [6, 6.07) is 0. The van der Waals surface area contributed by atoms with Crippen molar-refractivity contribution in [1.82, 2.24) is 0 Å². The molecule has 48 valence electrons. The van der Waals surface area contributed by atoms with Crippen molar-refractivity contribution >= 4 is 65.9 Å². The third-order valence-electron chi connectivity index (χ3n) is 0.329. The van der Waals surface area contributed by atoms with E-state index in [1.165, 1.54) is 0 Å². The van der Waals surface area contributed by atoms with Crippen molar-refractivity contribution in [2.24, 2.45) is 0 Å². The first-order valence-electron chi connectivity index (χ1n) is 1.72. The average molecular weight is 452 g/mol. The van der Waals surface area contributed by atoms with E-state index in [0.29, 0.717) is 0 Å². The molecule has 9 heteroatoms. The van der Waals surface area contributed by atoms with E-state index in [1.54, 1.807) is 0 Å². The molecule has 9 heavy (non-hydrogen) atoms. The van der Waals surface area contributed by atoms with Gasteiger partial charge in [0.15, 0.2) is 0 Å². The van der Waals surface area contributed by atoms with Gasteiger partial charge in [-0.1, -0.05) is 0 Å². The first kappa shape index (κ1) is 9.25. The number of rotatable bonds is 0. The summed E-state index contributed by atoms with van der Waals surface area (Å²) in [5, 5.41) is 0. The molecule has 0 aromatic heterocycles. The summed E-state index contributed by atoms with van der Waals surface area (Å²) in [6.45, 7) is 0. The van der Waals surface area contributed by atoms with E-state index >= 15 is 0 Å². The van der Waals surface area contributed by atoms with Crippen LogP contribution in [0.15, 0.2) is 0 Å². The van der Waals surface area contributed by atoms with Crippen molar-refractivity contribution in [2.45, 2.75) is 0 Å². The Labute approximate surface area is 84.2 Å². The molecule has 1 aliphatic rings. The predicted octanol–water partition coefficient (Wildman–Crippen LogP) is -1.55. The van der Waals surface area contributed by atoms with E-state index in [2.05, 4.69) is 19.3 Å². The molecular formula is O6Sn3. The second-order valence-corrected chi connectivity index (χ2v) is 5.03. The molecule has 0 aliphatic carbocycles. The van der Waals surface area contributed by atoms with Crippen molar-refractivity contribution in [3.8, 4) is 0 Å². The zero-order valence-electron chi connectivity index (χ0n) is 3.95. The van der Waals surface area contributed by atoms with E-state index in [1.807, 2.05) is 0 Å². The maximum absolute atomic E-state index is 4.57. The molecule has 1 rings (SSSR count). The van der Waals surface area contributed by atoms with Crippen molar-refractivity contribution < 1.29 is 19.3 Å². The van der Waals surface area contributed by atoms with Crippen molar-refractivity contribution in [3.05, 3.63) is 0 Å². The molecule has 0 amide bonds. The number of hydrogen-bond acceptors (Lipinski definition) is 6. The van der Waals surface area contributed by atoms with E-state index in [9.17, 15) is 0 Å². The fourth-order valence-corrected chi connectivity index (χ4v) is 4.87. The molecule has 0 spiro atoms. The van der Waals surface area contributed by atoms with E-state index < -0.39 is 65.9 Å². The molecule has 1 heterocycles. The van der Waals surface area contributed by atoms with Gasteiger partial charge in [0.25, 0.3) is 0 Å². The Balaban J connectivity index is 2.02. The van der Waals surface area contributed by atoms with Gasteiger partial charge in [0.2, 0.25) is 0 Å². The molecule has 0 bridgehead atoms. The Morgan fingerprint density at radius 1 is 0.444 bits per heavy atom. The van der Waals surface area contributed by atoms with Gasteiger partial charge in [-0.2, -0.15) is 0 Å². The summed E-state index contributed by atoms with van der Waals surface area (Å²) in [7, 11) is 0. The van der Waals surface area contributed by atoms with Crippen LogP contribution in [0.25, 0.3) is 0 Å². The Bertz CT molecular complexity index is 36.8. The molecule has 1 saturated heterocycles. The van der Waals surface area contributed by atoms with Gasteiger partial charge >= 0.3 is 85.3 Å². The summed E-state index contributed by atoms with van der Waals surface area (Å²) in [4.78, 5) is 0. The summed E-state index contributed by atoms with van der Waals surface area (Å²) in [6.07, 6.45) is 0. The molecule has 1 fully saturated rings. The minimum atomic E-state index is -1.33. The average Bonchev–Trinajstić information content (AvgIpc) is 2.00. The van der Waals surface area contributed by atoms with Gasteiger partial charge in [-0.15, -0.1) is 0 Å². The quantitative estimate of drug-likeness (QED) is 0.328. The van der Waals surface area contributed by atoms with Crippen LogP contribution in [0.2, 0.25) is 0 Å². The molecule has 6 radical (unpaired) electrons. The zero-order valence-corrected chi connectivity index (χ0v) is 12.5. The molecule has 0 aromatic carbocycles. The second kappa shape index (κ2) is 6.84. The summed E-state index contributed by atoms with van der Waals surface area (Å²) in [5.74, 6) is 0. The molecule has 0 unspecified atom stereocenters. The minimum absolute atomic E-state index is 1.33. The molecule has 0 aromatic rings. The summed E-state index contributed by atoms with van der Waals surface area (Å²) >= 11 is -3.99.